The zero-order valence-electron chi connectivity index (χ0n) is 14.5. The Morgan fingerprint density at radius 3 is 2.81 bits per heavy atom. The predicted molar refractivity (Wildman–Crippen MR) is 104 cm³/mol. The lowest BCUT2D eigenvalue weighted by Gasteiger charge is -1.99. The van der Waals surface area contributed by atoms with Crippen LogP contribution in [0.3, 0.4) is 0 Å². The lowest BCUT2D eigenvalue weighted by atomic mass is 10.1. The number of aromatic nitrogens is 5. The number of hydrogen-bond donors (Lipinski definition) is 2. The largest absolute Gasteiger partial charge is 0.295 e. The molecule has 0 aliphatic carbocycles. The summed E-state index contributed by atoms with van der Waals surface area (Å²) in [7, 11) is 0. The second kappa shape index (κ2) is 7.46. The number of pyridine rings is 1. The first kappa shape index (κ1) is 17.0. The SMILES string of the molecule is Cc1cccc(Cc2nnc(NC(=O)c3cc(-c4ccncc4)n[nH]3)s2)c1. The highest BCUT2D eigenvalue weighted by molar-refractivity contribution is 7.15. The molecule has 4 rings (SSSR count). The lowest BCUT2D eigenvalue weighted by molar-refractivity contribution is 0.102. The number of H-pyrrole nitrogens is 1. The average Bonchev–Trinajstić information content (AvgIpc) is 3.32. The van der Waals surface area contributed by atoms with Gasteiger partial charge in [0, 0.05) is 24.4 Å². The molecule has 0 fully saturated rings. The predicted octanol–water partition coefficient (Wildman–Crippen LogP) is 3.47. The number of hydrogen-bond acceptors (Lipinski definition) is 6. The van der Waals surface area contributed by atoms with Crippen LogP contribution in [-0.2, 0) is 6.42 Å². The molecule has 1 aromatic carbocycles. The highest BCUT2D eigenvalue weighted by atomic mass is 32.1. The topological polar surface area (TPSA) is 96.5 Å². The zero-order valence-corrected chi connectivity index (χ0v) is 15.3. The molecule has 7 nitrogen and oxygen atoms in total. The maximum atomic E-state index is 12.4. The van der Waals surface area contributed by atoms with Crippen molar-refractivity contribution in [2.45, 2.75) is 13.3 Å². The number of nitrogens with zero attached hydrogens (tertiary/aromatic N) is 4. The van der Waals surface area contributed by atoms with Gasteiger partial charge >= 0.3 is 0 Å². The Bertz CT molecular complexity index is 1070. The van der Waals surface area contributed by atoms with E-state index in [1.54, 1.807) is 18.5 Å². The Labute approximate surface area is 159 Å². The van der Waals surface area contributed by atoms with E-state index in [0.717, 1.165) is 10.6 Å². The van der Waals surface area contributed by atoms with Crippen molar-refractivity contribution in [2.75, 3.05) is 5.32 Å². The highest BCUT2D eigenvalue weighted by Crippen LogP contribution is 2.21. The first-order valence-electron chi connectivity index (χ1n) is 8.32. The van der Waals surface area contributed by atoms with E-state index in [-0.39, 0.29) is 5.91 Å². The molecule has 0 aliphatic heterocycles. The quantitative estimate of drug-likeness (QED) is 0.556. The third kappa shape index (κ3) is 4.06. The van der Waals surface area contributed by atoms with Crippen molar-refractivity contribution in [3.05, 3.63) is 76.7 Å². The minimum Gasteiger partial charge on any atom is -0.295 e. The third-order valence-corrected chi connectivity index (χ3v) is 4.76. The van der Waals surface area contributed by atoms with E-state index in [2.05, 4.69) is 55.8 Å². The van der Waals surface area contributed by atoms with Crippen molar-refractivity contribution in [1.29, 1.82) is 0 Å². The summed E-state index contributed by atoms with van der Waals surface area (Å²) in [4.78, 5) is 16.4. The Balaban J connectivity index is 1.43. The van der Waals surface area contributed by atoms with Crippen LogP contribution in [0.1, 0.15) is 26.6 Å². The van der Waals surface area contributed by atoms with E-state index in [0.29, 0.717) is 22.9 Å². The second-order valence-corrected chi connectivity index (χ2v) is 7.09. The van der Waals surface area contributed by atoms with Gasteiger partial charge in [0.05, 0.1) is 5.69 Å². The number of nitrogens with one attached hydrogen (secondary N) is 2. The second-order valence-electron chi connectivity index (χ2n) is 6.02. The fraction of sp³-hybridized carbons (Fsp3) is 0.105. The summed E-state index contributed by atoms with van der Waals surface area (Å²) in [5, 5.41) is 19.2. The number of aryl methyl sites for hydroxylation is 1. The Kier molecular flexibility index (Phi) is 4.71. The van der Waals surface area contributed by atoms with E-state index in [1.165, 1.54) is 22.5 Å². The molecular formula is C19H16N6OS. The summed E-state index contributed by atoms with van der Waals surface area (Å²) >= 11 is 1.36. The summed E-state index contributed by atoms with van der Waals surface area (Å²) < 4.78 is 0. The first-order valence-corrected chi connectivity index (χ1v) is 9.14. The molecule has 0 saturated heterocycles. The number of rotatable bonds is 5. The van der Waals surface area contributed by atoms with Gasteiger partial charge in [-0.25, -0.2) is 0 Å². The van der Waals surface area contributed by atoms with Gasteiger partial charge in [-0.15, -0.1) is 10.2 Å². The van der Waals surface area contributed by atoms with Gasteiger partial charge in [0.15, 0.2) is 0 Å². The van der Waals surface area contributed by atoms with Crippen LogP contribution in [-0.4, -0.2) is 31.3 Å². The molecule has 0 saturated carbocycles. The maximum Gasteiger partial charge on any atom is 0.275 e. The summed E-state index contributed by atoms with van der Waals surface area (Å²) in [6.45, 7) is 2.06. The minimum atomic E-state index is -0.305. The van der Waals surface area contributed by atoms with Crippen molar-refractivity contribution in [1.82, 2.24) is 25.4 Å². The Hall–Kier alpha value is -3.39. The van der Waals surface area contributed by atoms with E-state index in [1.807, 2.05) is 18.2 Å². The molecule has 0 radical (unpaired) electrons. The van der Waals surface area contributed by atoms with Crippen LogP contribution in [0.25, 0.3) is 11.3 Å². The molecule has 3 heterocycles. The maximum absolute atomic E-state index is 12.4. The minimum absolute atomic E-state index is 0.305. The van der Waals surface area contributed by atoms with Gasteiger partial charge in [0.25, 0.3) is 5.91 Å². The Morgan fingerprint density at radius 2 is 2.00 bits per heavy atom. The monoisotopic (exact) mass is 376 g/mol. The van der Waals surface area contributed by atoms with Crippen LogP contribution in [0, 0.1) is 6.92 Å². The number of aromatic amines is 1. The number of benzene rings is 1. The van der Waals surface area contributed by atoms with Crippen molar-refractivity contribution in [3.63, 3.8) is 0 Å². The fourth-order valence-corrected chi connectivity index (χ4v) is 3.41. The molecule has 0 aliphatic rings. The van der Waals surface area contributed by atoms with E-state index in [4.69, 9.17) is 0 Å². The van der Waals surface area contributed by atoms with Gasteiger partial charge in [-0.2, -0.15) is 5.10 Å². The molecule has 0 bridgehead atoms. The van der Waals surface area contributed by atoms with Gasteiger partial charge in [0.2, 0.25) is 5.13 Å². The molecule has 27 heavy (non-hydrogen) atoms. The summed E-state index contributed by atoms with van der Waals surface area (Å²) in [6, 6.07) is 13.6. The highest BCUT2D eigenvalue weighted by Gasteiger charge is 2.14. The van der Waals surface area contributed by atoms with Crippen molar-refractivity contribution in [2.24, 2.45) is 0 Å². The molecule has 1 amide bonds. The zero-order chi connectivity index (χ0) is 18.6. The molecule has 2 N–H and O–H groups in total. The molecule has 134 valence electrons. The Morgan fingerprint density at radius 1 is 1.15 bits per heavy atom. The number of carbonyl (C=O) groups is 1. The van der Waals surface area contributed by atoms with Gasteiger partial charge < -0.3 is 0 Å². The van der Waals surface area contributed by atoms with Crippen molar-refractivity contribution >= 4 is 22.4 Å². The fourth-order valence-electron chi connectivity index (χ4n) is 2.65. The summed E-state index contributed by atoms with van der Waals surface area (Å²) in [5.74, 6) is -0.305. The van der Waals surface area contributed by atoms with Crippen molar-refractivity contribution < 1.29 is 4.79 Å². The molecule has 4 aromatic rings. The number of carbonyl (C=O) groups excluding carboxylic acids is 1. The number of amides is 1. The van der Waals surface area contributed by atoms with Gasteiger partial charge in [-0.05, 0) is 30.7 Å². The average molecular weight is 376 g/mol. The molecule has 3 aromatic heterocycles. The van der Waals surface area contributed by atoms with Crippen LogP contribution in [0.15, 0.2) is 54.9 Å². The molecule has 0 spiro atoms. The van der Waals surface area contributed by atoms with Crippen LogP contribution >= 0.6 is 11.3 Å². The van der Waals surface area contributed by atoms with Gasteiger partial charge in [0.1, 0.15) is 10.7 Å². The molecule has 0 unspecified atom stereocenters. The number of anilines is 1. The van der Waals surface area contributed by atoms with Crippen LogP contribution in [0.2, 0.25) is 0 Å². The third-order valence-electron chi connectivity index (χ3n) is 3.92. The summed E-state index contributed by atoms with van der Waals surface area (Å²) in [5.41, 5.74) is 4.29. The van der Waals surface area contributed by atoms with E-state index >= 15 is 0 Å². The normalized spacial score (nSPS) is 10.7. The van der Waals surface area contributed by atoms with Crippen LogP contribution < -0.4 is 5.32 Å². The van der Waals surface area contributed by atoms with Crippen LogP contribution in [0.4, 0.5) is 5.13 Å². The standard InChI is InChI=1S/C19H16N6OS/c1-12-3-2-4-13(9-12)10-17-24-25-19(27-17)21-18(26)16-11-15(22-23-16)14-5-7-20-8-6-14/h2-9,11H,10H2,1H3,(H,22,23)(H,21,25,26). The van der Waals surface area contributed by atoms with Gasteiger partial charge in [-0.3, -0.25) is 20.2 Å². The lowest BCUT2D eigenvalue weighted by Crippen LogP contribution is -2.12. The van der Waals surface area contributed by atoms with Crippen LogP contribution in [0.5, 0.6) is 0 Å². The summed E-state index contributed by atoms with van der Waals surface area (Å²) in [6.07, 6.45) is 4.05. The first-order chi connectivity index (χ1) is 13.2. The van der Waals surface area contributed by atoms with Crippen molar-refractivity contribution in [3.8, 4) is 11.3 Å². The molecular weight excluding hydrogens is 360 g/mol. The van der Waals surface area contributed by atoms with E-state index < -0.39 is 0 Å². The molecule has 0 atom stereocenters. The molecule has 8 heteroatoms. The van der Waals surface area contributed by atoms with E-state index in [9.17, 15) is 4.79 Å². The van der Waals surface area contributed by atoms with Gasteiger partial charge in [-0.1, -0.05) is 41.2 Å². The smallest absolute Gasteiger partial charge is 0.275 e.